The lowest BCUT2D eigenvalue weighted by Crippen LogP contribution is -2.10. The van der Waals surface area contributed by atoms with Crippen molar-refractivity contribution in [1.82, 2.24) is 15.3 Å². The Morgan fingerprint density at radius 1 is 1.43 bits per heavy atom. The summed E-state index contributed by atoms with van der Waals surface area (Å²) >= 11 is 0. The molecule has 0 saturated carbocycles. The van der Waals surface area contributed by atoms with Gasteiger partial charge in [0, 0.05) is 18.8 Å². The molecule has 0 amide bonds. The molecule has 1 heterocycles. The molecular formula is C10H15N3O. The minimum Gasteiger partial charge on any atom is -0.320 e. The third kappa shape index (κ3) is 3.22. The summed E-state index contributed by atoms with van der Waals surface area (Å²) in [7, 11) is 1.87. The molecule has 0 fully saturated rings. The smallest absolute Gasteiger partial charge is 0.166 e. The van der Waals surface area contributed by atoms with E-state index in [2.05, 4.69) is 15.3 Å². The second kappa shape index (κ2) is 5.44. The molecule has 0 unspecified atom stereocenters. The molecule has 76 valence electrons. The van der Waals surface area contributed by atoms with E-state index in [-0.39, 0.29) is 5.78 Å². The molecule has 1 N–H and O–H groups in total. The first kappa shape index (κ1) is 10.8. The molecule has 0 atom stereocenters. The fourth-order valence-electron chi connectivity index (χ4n) is 1.11. The first-order chi connectivity index (χ1) is 6.74. The van der Waals surface area contributed by atoms with Crippen LogP contribution >= 0.6 is 0 Å². The van der Waals surface area contributed by atoms with Crippen LogP contribution in [-0.2, 0) is 0 Å². The van der Waals surface area contributed by atoms with Gasteiger partial charge < -0.3 is 5.32 Å². The third-order valence-corrected chi connectivity index (χ3v) is 1.93. The molecule has 1 aromatic rings. The van der Waals surface area contributed by atoms with Gasteiger partial charge in [0.1, 0.15) is 5.82 Å². The number of hydrogen-bond donors (Lipinski definition) is 1. The van der Waals surface area contributed by atoms with Crippen molar-refractivity contribution in [2.45, 2.75) is 19.8 Å². The number of aromatic nitrogens is 2. The molecule has 0 aliphatic carbocycles. The number of carbonyl (C=O) groups is 1. The van der Waals surface area contributed by atoms with Crippen molar-refractivity contribution >= 4 is 5.78 Å². The Bertz CT molecular complexity index is 295. The van der Waals surface area contributed by atoms with Crippen LogP contribution in [0.2, 0.25) is 0 Å². The highest BCUT2D eigenvalue weighted by Gasteiger charge is 2.05. The molecule has 0 spiro atoms. The van der Waals surface area contributed by atoms with Crippen LogP contribution in [0.4, 0.5) is 0 Å². The van der Waals surface area contributed by atoms with Crippen LogP contribution in [0, 0.1) is 6.92 Å². The van der Waals surface area contributed by atoms with Gasteiger partial charge in [0.25, 0.3) is 0 Å². The van der Waals surface area contributed by atoms with Gasteiger partial charge in [0.05, 0.1) is 5.56 Å². The number of nitrogens with zero attached hydrogens (tertiary/aromatic N) is 2. The average Bonchev–Trinajstić information content (AvgIpc) is 2.19. The van der Waals surface area contributed by atoms with E-state index in [1.54, 1.807) is 19.3 Å². The lowest BCUT2D eigenvalue weighted by atomic mass is 10.1. The molecule has 0 saturated heterocycles. The molecular weight excluding hydrogens is 178 g/mol. The summed E-state index contributed by atoms with van der Waals surface area (Å²) in [5.74, 6) is 0.803. The molecule has 0 aliphatic heterocycles. The predicted molar refractivity (Wildman–Crippen MR) is 54.3 cm³/mol. The number of aryl methyl sites for hydroxylation is 1. The second-order valence-corrected chi connectivity index (χ2v) is 3.15. The van der Waals surface area contributed by atoms with E-state index in [9.17, 15) is 4.79 Å². The fourth-order valence-corrected chi connectivity index (χ4v) is 1.11. The second-order valence-electron chi connectivity index (χ2n) is 3.15. The lowest BCUT2D eigenvalue weighted by Gasteiger charge is -2.00. The summed E-state index contributed by atoms with van der Waals surface area (Å²) < 4.78 is 0. The van der Waals surface area contributed by atoms with Crippen LogP contribution in [-0.4, -0.2) is 29.3 Å². The fraction of sp³-hybridized carbons (Fsp3) is 0.500. The van der Waals surface area contributed by atoms with Crippen molar-refractivity contribution in [2.24, 2.45) is 0 Å². The van der Waals surface area contributed by atoms with Crippen LogP contribution in [0.15, 0.2) is 12.4 Å². The first-order valence-corrected chi connectivity index (χ1v) is 4.70. The van der Waals surface area contributed by atoms with Crippen molar-refractivity contribution < 1.29 is 4.79 Å². The number of Topliss-reactive ketones (excluding diaryl/α,β-unsaturated/α-hetero) is 1. The van der Waals surface area contributed by atoms with Crippen LogP contribution in [0.25, 0.3) is 0 Å². The minimum absolute atomic E-state index is 0.111. The highest BCUT2D eigenvalue weighted by Crippen LogP contribution is 2.02. The highest BCUT2D eigenvalue weighted by atomic mass is 16.1. The number of ketones is 1. The summed E-state index contributed by atoms with van der Waals surface area (Å²) in [4.78, 5) is 19.5. The summed E-state index contributed by atoms with van der Waals surface area (Å²) in [5.41, 5.74) is 0.603. The average molecular weight is 193 g/mol. The number of rotatable bonds is 5. The zero-order valence-corrected chi connectivity index (χ0v) is 8.58. The molecule has 4 nitrogen and oxygen atoms in total. The van der Waals surface area contributed by atoms with Gasteiger partial charge in [0.2, 0.25) is 0 Å². The maximum absolute atomic E-state index is 11.5. The van der Waals surface area contributed by atoms with Gasteiger partial charge in [-0.2, -0.15) is 0 Å². The topological polar surface area (TPSA) is 54.9 Å². The summed E-state index contributed by atoms with van der Waals surface area (Å²) in [6.45, 7) is 2.66. The largest absolute Gasteiger partial charge is 0.320 e. The Hall–Kier alpha value is -1.29. The molecule has 0 radical (unpaired) electrons. The number of hydrogen-bond acceptors (Lipinski definition) is 4. The summed E-state index contributed by atoms with van der Waals surface area (Å²) in [5, 5.41) is 3.00. The van der Waals surface area contributed by atoms with Crippen molar-refractivity contribution in [2.75, 3.05) is 13.6 Å². The van der Waals surface area contributed by atoms with Crippen molar-refractivity contribution in [3.63, 3.8) is 0 Å². The Labute approximate surface area is 83.8 Å². The van der Waals surface area contributed by atoms with Crippen LogP contribution in [0.3, 0.4) is 0 Å². The first-order valence-electron chi connectivity index (χ1n) is 4.70. The summed E-state index contributed by atoms with van der Waals surface area (Å²) in [6, 6.07) is 0. The van der Waals surface area contributed by atoms with Gasteiger partial charge in [-0.25, -0.2) is 9.97 Å². The van der Waals surface area contributed by atoms with Crippen molar-refractivity contribution in [1.29, 1.82) is 0 Å². The number of nitrogens with one attached hydrogen (secondary N) is 1. The van der Waals surface area contributed by atoms with Crippen LogP contribution in [0.1, 0.15) is 29.0 Å². The van der Waals surface area contributed by atoms with Gasteiger partial charge in [-0.15, -0.1) is 0 Å². The maximum Gasteiger partial charge on any atom is 0.166 e. The lowest BCUT2D eigenvalue weighted by molar-refractivity contribution is 0.0979. The Balaban J connectivity index is 2.48. The van der Waals surface area contributed by atoms with E-state index in [4.69, 9.17) is 0 Å². The summed E-state index contributed by atoms with van der Waals surface area (Å²) in [6.07, 6.45) is 4.57. The molecule has 1 aromatic heterocycles. The van der Waals surface area contributed by atoms with Crippen molar-refractivity contribution in [3.05, 3.63) is 23.8 Å². The van der Waals surface area contributed by atoms with E-state index in [1.165, 1.54) is 0 Å². The number of carbonyl (C=O) groups excluding carboxylic acids is 1. The van der Waals surface area contributed by atoms with E-state index >= 15 is 0 Å². The molecule has 0 aliphatic rings. The SMILES string of the molecule is CNCCCC(=O)c1cnc(C)nc1. The molecule has 14 heavy (non-hydrogen) atoms. The normalized spacial score (nSPS) is 10.1. The van der Waals surface area contributed by atoms with E-state index in [1.807, 2.05) is 7.05 Å². The molecule has 4 heteroatoms. The van der Waals surface area contributed by atoms with Gasteiger partial charge in [0.15, 0.2) is 5.78 Å². The Morgan fingerprint density at radius 2 is 2.07 bits per heavy atom. The quantitative estimate of drug-likeness (QED) is 0.559. The van der Waals surface area contributed by atoms with Gasteiger partial charge in [-0.3, -0.25) is 4.79 Å². The highest BCUT2D eigenvalue weighted by molar-refractivity contribution is 5.95. The van der Waals surface area contributed by atoms with E-state index in [0.717, 1.165) is 13.0 Å². The standard InChI is InChI=1S/C10H15N3O/c1-8-12-6-9(7-13-8)10(14)4-3-5-11-2/h6-7,11H,3-5H2,1-2H3. The van der Waals surface area contributed by atoms with E-state index in [0.29, 0.717) is 17.8 Å². The zero-order chi connectivity index (χ0) is 10.4. The molecule has 0 aromatic carbocycles. The predicted octanol–water partition coefficient (Wildman–Crippen LogP) is 0.967. The van der Waals surface area contributed by atoms with E-state index < -0.39 is 0 Å². The van der Waals surface area contributed by atoms with Gasteiger partial charge in [-0.05, 0) is 26.9 Å². The van der Waals surface area contributed by atoms with Crippen LogP contribution in [0.5, 0.6) is 0 Å². The maximum atomic E-state index is 11.5. The monoisotopic (exact) mass is 193 g/mol. The Kier molecular flexibility index (Phi) is 4.19. The molecule has 0 bridgehead atoms. The van der Waals surface area contributed by atoms with Gasteiger partial charge >= 0.3 is 0 Å². The third-order valence-electron chi connectivity index (χ3n) is 1.93. The minimum atomic E-state index is 0.111. The molecule has 1 rings (SSSR count). The van der Waals surface area contributed by atoms with Crippen LogP contribution < -0.4 is 5.32 Å². The zero-order valence-electron chi connectivity index (χ0n) is 8.58. The Morgan fingerprint density at radius 3 is 2.64 bits per heavy atom. The van der Waals surface area contributed by atoms with Crippen molar-refractivity contribution in [3.8, 4) is 0 Å². The van der Waals surface area contributed by atoms with Gasteiger partial charge in [-0.1, -0.05) is 0 Å².